The van der Waals surface area contributed by atoms with Gasteiger partial charge < -0.3 is 10.2 Å². The molecule has 1 unspecified atom stereocenters. The quantitative estimate of drug-likeness (QED) is 0.890. The zero-order valence-corrected chi connectivity index (χ0v) is 12.2. The average molecular weight is 283 g/mol. The van der Waals surface area contributed by atoms with Gasteiger partial charge in [0.15, 0.2) is 0 Å². The highest BCUT2D eigenvalue weighted by molar-refractivity contribution is 5.22. The van der Waals surface area contributed by atoms with Crippen LogP contribution in [0.25, 0.3) is 0 Å². The molecule has 0 bridgehead atoms. The molecule has 1 aliphatic rings. The lowest BCUT2D eigenvalue weighted by atomic mass is 10.1. The molecule has 1 saturated heterocycles. The van der Waals surface area contributed by atoms with Crippen molar-refractivity contribution in [2.24, 2.45) is 0 Å². The fourth-order valence-corrected chi connectivity index (χ4v) is 2.54. The van der Waals surface area contributed by atoms with E-state index >= 15 is 0 Å². The van der Waals surface area contributed by atoms with Gasteiger partial charge in [-0.25, -0.2) is 8.78 Å². The predicted octanol–water partition coefficient (Wildman–Crippen LogP) is 1.86. The van der Waals surface area contributed by atoms with Crippen LogP contribution in [-0.2, 0) is 0 Å². The summed E-state index contributed by atoms with van der Waals surface area (Å²) in [4.78, 5) is 4.68. The van der Waals surface area contributed by atoms with Crippen molar-refractivity contribution in [2.45, 2.75) is 13.0 Å². The van der Waals surface area contributed by atoms with Crippen LogP contribution in [0.3, 0.4) is 0 Å². The molecule has 0 spiro atoms. The maximum Gasteiger partial charge on any atom is 0.130 e. The highest BCUT2D eigenvalue weighted by atomic mass is 19.1. The minimum absolute atomic E-state index is 0.130. The molecule has 0 aromatic heterocycles. The van der Waals surface area contributed by atoms with Crippen molar-refractivity contribution < 1.29 is 8.78 Å². The molecule has 1 aromatic carbocycles. The van der Waals surface area contributed by atoms with Gasteiger partial charge in [0.2, 0.25) is 0 Å². The first-order valence-electron chi connectivity index (χ1n) is 7.16. The molecule has 1 heterocycles. The van der Waals surface area contributed by atoms with E-state index in [0.29, 0.717) is 0 Å². The lowest BCUT2D eigenvalue weighted by Gasteiger charge is -2.32. The molecule has 2 rings (SSSR count). The zero-order chi connectivity index (χ0) is 14.5. The fraction of sp³-hybridized carbons (Fsp3) is 0.600. The third-order valence-electron chi connectivity index (χ3n) is 3.91. The van der Waals surface area contributed by atoms with E-state index in [4.69, 9.17) is 0 Å². The molecule has 1 N–H and O–H groups in total. The van der Waals surface area contributed by atoms with Crippen molar-refractivity contribution >= 4 is 0 Å². The van der Waals surface area contributed by atoms with Crippen LogP contribution in [0.1, 0.15) is 18.5 Å². The van der Waals surface area contributed by atoms with Crippen LogP contribution in [0, 0.1) is 11.6 Å². The van der Waals surface area contributed by atoms with Gasteiger partial charge in [0.05, 0.1) is 0 Å². The van der Waals surface area contributed by atoms with E-state index < -0.39 is 11.6 Å². The van der Waals surface area contributed by atoms with E-state index in [0.717, 1.165) is 39.3 Å². The van der Waals surface area contributed by atoms with E-state index in [1.807, 2.05) is 0 Å². The normalized spacial score (nSPS) is 19.2. The van der Waals surface area contributed by atoms with Gasteiger partial charge in [0.1, 0.15) is 11.6 Å². The van der Waals surface area contributed by atoms with Gasteiger partial charge in [0.25, 0.3) is 0 Å². The lowest BCUT2D eigenvalue weighted by molar-refractivity contribution is 0.154. The molecule has 0 saturated carbocycles. The number of nitrogens with zero attached hydrogens (tertiary/aromatic N) is 2. The predicted molar refractivity (Wildman–Crippen MR) is 76.7 cm³/mol. The molecule has 0 radical (unpaired) electrons. The van der Waals surface area contributed by atoms with Gasteiger partial charge in [-0.05, 0) is 26.1 Å². The molecule has 1 aliphatic heterocycles. The number of hydrogen-bond donors (Lipinski definition) is 1. The summed E-state index contributed by atoms with van der Waals surface area (Å²) in [5.41, 5.74) is 0.130. The molecular weight excluding hydrogens is 260 g/mol. The van der Waals surface area contributed by atoms with Crippen molar-refractivity contribution in [2.75, 3.05) is 46.3 Å². The molecule has 1 aromatic rings. The largest absolute Gasteiger partial charge is 0.309 e. The second-order valence-electron chi connectivity index (χ2n) is 5.46. The van der Waals surface area contributed by atoms with Crippen molar-refractivity contribution in [1.29, 1.82) is 0 Å². The first-order valence-corrected chi connectivity index (χ1v) is 7.16. The Morgan fingerprint density at radius 3 is 2.35 bits per heavy atom. The van der Waals surface area contributed by atoms with Crippen LogP contribution >= 0.6 is 0 Å². The number of piperazine rings is 1. The summed E-state index contributed by atoms with van der Waals surface area (Å²) in [6, 6.07) is 3.68. The summed E-state index contributed by atoms with van der Waals surface area (Å²) in [6.45, 7) is 7.72. The Hall–Kier alpha value is -1.04. The van der Waals surface area contributed by atoms with Crippen molar-refractivity contribution in [3.05, 3.63) is 35.4 Å². The van der Waals surface area contributed by atoms with E-state index in [9.17, 15) is 8.78 Å². The van der Waals surface area contributed by atoms with Gasteiger partial charge >= 0.3 is 0 Å². The summed E-state index contributed by atoms with van der Waals surface area (Å²) >= 11 is 0. The monoisotopic (exact) mass is 283 g/mol. The lowest BCUT2D eigenvalue weighted by Crippen LogP contribution is -2.46. The Kier molecular flexibility index (Phi) is 5.46. The van der Waals surface area contributed by atoms with Crippen LogP contribution < -0.4 is 5.32 Å². The second-order valence-corrected chi connectivity index (χ2v) is 5.46. The fourth-order valence-electron chi connectivity index (χ4n) is 2.54. The minimum Gasteiger partial charge on any atom is -0.309 e. The van der Waals surface area contributed by atoms with Gasteiger partial charge in [0, 0.05) is 50.9 Å². The van der Waals surface area contributed by atoms with Crippen LogP contribution in [0.5, 0.6) is 0 Å². The van der Waals surface area contributed by atoms with Gasteiger partial charge in [-0.2, -0.15) is 0 Å². The highest BCUT2D eigenvalue weighted by Gasteiger charge is 2.17. The SMILES string of the molecule is CC(NCCN1CCN(C)CC1)c1c(F)cccc1F. The van der Waals surface area contributed by atoms with Gasteiger partial charge in [-0.1, -0.05) is 6.07 Å². The third-order valence-corrected chi connectivity index (χ3v) is 3.91. The first kappa shape index (κ1) is 15.4. The van der Waals surface area contributed by atoms with Crippen LogP contribution in [0.2, 0.25) is 0 Å². The summed E-state index contributed by atoms with van der Waals surface area (Å²) in [7, 11) is 2.12. The number of halogens is 2. The van der Waals surface area contributed by atoms with E-state index in [1.165, 1.54) is 18.2 Å². The molecular formula is C15H23F2N3. The Morgan fingerprint density at radius 1 is 1.15 bits per heavy atom. The molecule has 3 nitrogen and oxygen atoms in total. The van der Waals surface area contributed by atoms with Crippen molar-refractivity contribution in [1.82, 2.24) is 15.1 Å². The molecule has 5 heteroatoms. The van der Waals surface area contributed by atoms with Crippen LogP contribution in [-0.4, -0.2) is 56.1 Å². The number of benzene rings is 1. The zero-order valence-electron chi connectivity index (χ0n) is 12.2. The summed E-state index contributed by atoms with van der Waals surface area (Å²) in [5, 5.41) is 3.20. The Bertz CT molecular complexity index is 411. The van der Waals surface area contributed by atoms with Gasteiger partial charge in [-0.3, -0.25) is 4.90 Å². The minimum atomic E-state index is -0.482. The number of nitrogens with one attached hydrogen (secondary N) is 1. The topological polar surface area (TPSA) is 18.5 Å². The number of likely N-dealkylation sites (N-methyl/N-ethyl adjacent to an activating group) is 1. The summed E-state index contributed by atoms with van der Waals surface area (Å²) in [6.07, 6.45) is 0. The van der Waals surface area contributed by atoms with E-state index in [-0.39, 0.29) is 11.6 Å². The molecule has 112 valence electrons. The van der Waals surface area contributed by atoms with Crippen molar-refractivity contribution in [3.8, 4) is 0 Å². The average Bonchev–Trinajstić information content (AvgIpc) is 2.41. The third kappa shape index (κ3) is 3.98. The number of rotatable bonds is 5. The Labute approximate surface area is 119 Å². The molecule has 0 aliphatic carbocycles. The summed E-state index contributed by atoms with van der Waals surface area (Å²) in [5.74, 6) is -0.964. The van der Waals surface area contributed by atoms with Crippen molar-refractivity contribution in [3.63, 3.8) is 0 Å². The smallest absolute Gasteiger partial charge is 0.130 e. The number of hydrogen-bond acceptors (Lipinski definition) is 3. The summed E-state index contributed by atoms with van der Waals surface area (Å²) < 4.78 is 27.3. The molecule has 20 heavy (non-hydrogen) atoms. The van der Waals surface area contributed by atoms with E-state index in [2.05, 4.69) is 22.2 Å². The molecule has 1 atom stereocenters. The molecule has 1 fully saturated rings. The maximum atomic E-state index is 13.6. The van der Waals surface area contributed by atoms with Crippen LogP contribution in [0.4, 0.5) is 8.78 Å². The standard InChI is InChI=1S/C15H23F2N3/c1-12(15-13(16)4-3-5-14(15)17)18-6-7-20-10-8-19(2)9-11-20/h3-5,12,18H,6-11H2,1-2H3. The Morgan fingerprint density at radius 2 is 1.75 bits per heavy atom. The first-order chi connectivity index (χ1) is 9.58. The second kappa shape index (κ2) is 7.11. The van der Waals surface area contributed by atoms with E-state index in [1.54, 1.807) is 6.92 Å². The van der Waals surface area contributed by atoms with Crippen LogP contribution in [0.15, 0.2) is 18.2 Å². The maximum absolute atomic E-state index is 13.6. The highest BCUT2D eigenvalue weighted by Crippen LogP contribution is 2.19. The van der Waals surface area contributed by atoms with Gasteiger partial charge in [-0.15, -0.1) is 0 Å². The Balaban J connectivity index is 1.79. The molecule has 0 amide bonds.